The normalized spacial score (nSPS) is 13.6. The summed E-state index contributed by atoms with van der Waals surface area (Å²) in [5.74, 6) is -0.0847. The van der Waals surface area contributed by atoms with Gasteiger partial charge in [0.1, 0.15) is 0 Å². The molecule has 2 atom stereocenters. The zero-order chi connectivity index (χ0) is 32.2. The van der Waals surface area contributed by atoms with Gasteiger partial charge in [0.25, 0.3) is 0 Å². The van der Waals surface area contributed by atoms with Crippen LogP contribution >= 0.6 is 0 Å². The monoisotopic (exact) mass is 616 g/mol. The largest absolute Gasteiger partial charge is 0.394 e. The van der Waals surface area contributed by atoms with Gasteiger partial charge in [0, 0.05) is 6.42 Å². The Morgan fingerprint density at radius 2 is 0.955 bits per heavy atom. The number of rotatable bonds is 33. The van der Waals surface area contributed by atoms with Gasteiger partial charge in [-0.05, 0) is 64.2 Å². The van der Waals surface area contributed by atoms with Crippen LogP contribution < -0.4 is 5.32 Å². The first-order chi connectivity index (χ1) is 21.7. The van der Waals surface area contributed by atoms with E-state index < -0.39 is 12.1 Å². The Balaban J connectivity index is 3.69. The van der Waals surface area contributed by atoms with Crippen LogP contribution in [0.15, 0.2) is 48.6 Å². The van der Waals surface area contributed by atoms with E-state index in [0.29, 0.717) is 6.42 Å². The number of hydrogen-bond acceptors (Lipinski definition) is 3. The molecule has 0 radical (unpaired) electrons. The fourth-order valence-electron chi connectivity index (χ4n) is 5.34. The van der Waals surface area contributed by atoms with E-state index in [2.05, 4.69) is 55.6 Å². The highest BCUT2D eigenvalue weighted by Gasteiger charge is 2.17. The summed E-state index contributed by atoms with van der Waals surface area (Å²) < 4.78 is 0. The van der Waals surface area contributed by atoms with Crippen molar-refractivity contribution >= 4 is 5.91 Å². The highest BCUT2D eigenvalue weighted by atomic mass is 16.3. The fraction of sp³-hybridized carbons (Fsp3) is 0.775. The zero-order valence-corrected chi connectivity index (χ0v) is 29.2. The van der Waals surface area contributed by atoms with Crippen molar-refractivity contribution in [2.24, 2.45) is 0 Å². The van der Waals surface area contributed by atoms with E-state index in [0.717, 1.165) is 44.9 Å². The lowest BCUT2D eigenvalue weighted by Gasteiger charge is -2.19. The summed E-state index contributed by atoms with van der Waals surface area (Å²) in [6.45, 7) is 4.25. The number of unbranched alkanes of at least 4 members (excludes halogenated alkanes) is 20. The second-order valence-electron chi connectivity index (χ2n) is 12.6. The smallest absolute Gasteiger partial charge is 0.220 e. The molecule has 0 saturated carbocycles. The van der Waals surface area contributed by atoms with Gasteiger partial charge in [-0.25, -0.2) is 0 Å². The summed E-state index contributed by atoms with van der Waals surface area (Å²) in [5, 5.41) is 22.9. The van der Waals surface area contributed by atoms with Gasteiger partial charge in [0.05, 0.1) is 18.8 Å². The molecule has 0 bridgehead atoms. The predicted molar refractivity (Wildman–Crippen MR) is 193 cm³/mol. The first-order valence-corrected chi connectivity index (χ1v) is 18.9. The molecule has 0 aromatic heterocycles. The lowest BCUT2D eigenvalue weighted by Crippen LogP contribution is -2.45. The van der Waals surface area contributed by atoms with Crippen molar-refractivity contribution in [3.63, 3.8) is 0 Å². The summed E-state index contributed by atoms with van der Waals surface area (Å²) in [5.41, 5.74) is 0. The number of nitrogens with one attached hydrogen (secondary N) is 1. The van der Waals surface area contributed by atoms with Gasteiger partial charge >= 0.3 is 0 Å². The van der Waals surface area contributed by atoms with Gasteiger partial charge in [0.2, 0.25) is 5.91 Å². The molecule has 0 aliphatic carbocycles. The molecule has 4 nitrogen and oxygen atoms in total. The molecule has 4 heteroatoms. The molecular formula is C40H73NO3. The van der Waals surface area contributed by atoms with Crippen LogP contribution in [0, 0.1) is 0 Å². The van der Waals surface area contributed by atoms with Crippen molar-refractivity contribution in [2.75, 3.05) is 6.61 Å². The number of carbonyl (C=O) groups excluding carboxylic acids is 1. The van der Waals surface area contributed by atoms with Crippen LogP contribution in [0.5, 0.6) is 0 Å². The average Bonchev–Trinajstić information content (AvgIpc) is 3.03. The van der Waals surface area contributed by atoms with Gasteiger partial charge in [-0.15, -0.1) is 0 Å². The van der Waals surface area contributed by atoms with Gasteiger partial charge in [-0.2, -0.15) is 0 Å². The SMILES string of the molecule is CCCCCC/C=C\C/C=C\CCCCCCCCCC(=O)NC(CO)C(O)/C=C/CC/C=C/CCCCCCCCCC. The van der Waals surface area contributed by atoms with E-state index in [-0.39, 0.29) is 12.5 Å². The first kappa shape index (κ1) is 42.3. The van der Waals surface area contributed by atoms with Crippen molar-refractivity contribution in [1.29, 1.82) is 0 Å². The van der Waals surface area contributed by atoms with Crippen molar-refractivity contribution in [3.8, 4) is 0 Å². The number of hydrogen-bond donors (Lipinski definition) is 3. The second kappa shape index (κ2) is 35.8. The Kier molecular flexibility index (Phi) is 34.5. The van der Waals surface area contributed by atoms with E-state index in [1.54, 1.807) is 6.08 Å². The van der Waals surface area contributed by atoms with E-state index in [1.807, 2.05) is 6.08 Å². The highest BCUT2D eigenvalue weighted by molar-refractivity contribution is 5.76. The van der Waals surface area contributed by atoms with E-state index in [4.69, 9.17) is 0 Å². The molecule has 3 N–H and O–H groups in total. The lowest BCUT2D eigenvalue weighted by atomic mass is 10.1. The maximum absolute atomic E-state index is 12.3. The molecule has 0 aliphatic rings. The molecule has 0 aliphatic heterocycles. The molecule has 0 aromatic rings. The molecule has 0 rings (SSSR count). The molecule has 0 spiro atoms. The summed E-state index contributed by atoms with van der Waals surface area (Å²) in [4.78, 5) is 12.3. The summed E-state index contributed by atoms with van der Waals surface area (Å²) in [7, 11) is 0. The third kappa shape index (κ3) is 31.8. The van der Waals surface area contributed by atoms with Crippen LogP contribution in [0.1, 0.15) is 181 Å². The fourth-order valence-corrected chi connectivity index (χ4v) is 5.34. The zero-order valence-electron chi connectivity index (χ0n) is 29.2. The summed E-state index contributed by atoms with van der Waals surface area (Å²) in [6.07, 6.45) is 47.6. The molecule has 0 aromatic carbocycles. The number of allylic oxidation sites excluding steroid dienone is 7. The second-order valence-corrected chi connectivity index (χ2v) is 12.6. The standard InChI is InChI=1S/C40H73NO3/c1-3-5-7-9-11-13-15-17-19-20-21-22-24-26-28-30-32-34-36-40(44)41-38(37-42)39(43)35-33-31-29-27-25-23-18-16-14-12-10-8-6-4-2/h13,15,19-20,25,27,33,35,38-39,42-43H,3-12,14,16-18,21-24,26,28-32,34,36-37H2,1-2H3,(H,41,44)/b15-13-,20-19-,27-25+,35-33+. The minimum Gasteiger partial charge on any atom is -0.394 e. The predicted octanol–water partition coefficient (Wildman–Crippen LogP) is 11.2. The number of carbonyl (C=O) groups is 1. The van der Waals surface area contributed by atoms with Crippen LogP contribution in [-0.2, 0) is 4.79 Å². The van der Waals surface area contributed by atoms with E-state index >= 15 is 0 Å². The van der Waals surface area contributed by atoms with Crippen molar-refractivity contribution in [1.82, 2.24) is 5.32 Å². The van der Waals surface area contributed by atoms with Crippen LogP contribution in [0.25, 0.3) is 0 Å². The molecule has 1 amide bonds. The third-order valence-corrected chi connectivity index (χ3v) is 8.28. The number of aliphatic hydroxyl groups excluding tert-OH is 2. The van der Waals surface area contributed by atoms with Crippen molar-refractivity contribution in [2.45, 2.75) is 193 Å². The average molecular weight is 616 g/mol. The Labute approximate surface area is 274 Å². The minimum atomic E-state index is -0.864. The molecule has 0 saturated heterocycles. The van der Waals surface area contributed by atoms with Crippen LogP contribution in [0.3, 0.4) is 0 Å². The Bertz CT molecular complexity index is 711. The van der Waals surface area contributed by atoms with Crippen molar-refractivity contribution < 1.29 is 15.0 Å². The molecule has 2 unspecified atom stereocenters. The van der Waals surface area contributed by atoms with Crippen LogP contribution in [0.4, 0.5) is 0 Å². The Hall–Kier alpha value is -1.65. The third-order valence-electron chi connectivity index (χ3n) is 8.28. The maximum atomic E-state index is 12.3. The molecule has 0 heterocycles. The molecular weight excluding hydrogens is 542 g/mol. The van der Waals surface area contributed by atoms with E-state index in [9.17, 15) is 15.0 Å². The number of amides is 1. The maximum Gasteiger partial charge on any atom is 0.220 e. The van der Waals surface area contributed by atoms with Gasteiger partial charge in [0.15, 0.2) is 0 Å². The van der Waals surface area contributed by atoms with Gasteiger partial charge < -0.3 is 15.5 Å². The van der Waals surface area contributed by atoms with Gasteiger partial charge in [-0.3, -0.25) is 4.79 Å². The lowest BCUT2D eigenvalue weighted by molar-refractivity contribution is -0.123. The first-order valence-electron chi connectivity index (χ1n) is 18.9. The molecule has 44 heavy (non-hydrogen) atoms. The quantitative estimate of drug-likeness (QED) is 0.0508. The van der Waals surface area contributed by atoms with Crippen LogP contribution in [0.2, 0.25) is 0 Å². The summed E-state index contributed by atoms with van der Waals surface area (Å²) >= 11 is 0. The Morgan fingerprint density at radius 3 is 1.48 bits per heavy atom. The van der Waals surface area contributed by atoms with Crippen LogP contribution in [-0.4, -0.2) is 34.9 Å². The highest BCUT2D eigenvalue weighted by Crippen LogP contribution is 2.12. The topological polar surface area (TPSA) is 69.6 Å². The van der Waals surface area contributed by atoms with E-state index in [1.165, 1.54) is 116 Å². The van der Waals surface area contributed by atoms with Crippen molar-refractivity contribution in [3.05, 3.63) is 48.6 Å². The summed E-state index contributed by atoms with van der Waals surface area (Å²) in [6, 6.07) is -0.642. The molecule has 0 fully saturated rings. The minimum absolute atomic E-state index is 0.0847. The number of aliphatic hydroxyl groups is 2. The Morgan fingerprint density at radius 1 is 0.545 bits per heavy atom. The van der Waals surface area contributed by atoms with Gasteiger partial charge in [-0.1, -0.05) is 159 Å². The molecule has 256 valence electrons.